The Labute approximate surface area is 220 Å². The number of esters is 1. The quantitative estimate of drug-likeness (QED) is 0.485. The number of carbonyl (C=O) groups excluding carboxylic acids is 3. The van der Waals surface area contributed by atoms with E-state index in [1.165, 1.54) is 12.0 Å². The van der Waals surface area contributed by atoms with Crippen LogP contribution in [0, 0.1) is 18.3 Å². The normalized spacial score (nSPS) is 17.7. The lowest BCUT2D eigenvalue weighted by atomic mass is 9.72. The van der Waals surface area contributed by atoms with Crippen molar-refractivity contribution in [1.29, 1.82) is 5.26 Å². The van der Waals surface area contributed by atoms with Gasteiger partial charge in [0.05, 0.1) is 12.0 Å². The van der Waals surface area contributed by atoms with Crippen LogP contribution in [0.3, 0.4) is 0 Å². The third-order valence-corrected chi connectivity index (χ3v) is 7.73. The van der Waals surface area contributed by atoms with Crippen LogP contribution in [0.15, 0.2) is 60.0 Å². The Morgan fingerprint density at radius 2 is 2.03 bits per heavy atom. The topological polar surface area (TPSA) is 135 Å². The Kier molecular flexibility index (Phi) is 5.90. The zero-order valence-corrected chi connectivity index (χ0v) is 21.2. The van der Waals surface area contributed by atoms with Crippen molar-refractivity contribution in [2.75, 3.05) is 23.9 Å². The number of nitrogens with zero attached hydrogens (tertiary/aromatic N) is 2. The molecule has 3 aromatic rings. The van der Waals surface area contributed by atoms with E-state index in [4.69, 9.17) is 26.8 Å². The molecule has 37 heavy (non-hydrogen) atoms. The van der Waals surface area contributed by atoms with E-state index in [2.05, 4.69) is 5.32 Å². The highest BCUT2D eigenvalue weighted by Gasteiger charge is 2.61. The van der Waals surface area contributed by atoms with Crippen LogP contribution < -0.4 is 20.7 Å². The molecule has 0 aliphatic carbocycles. The fourth-order valence-electron chi connectivity index (χ4n) is 4.79. The van der Waals surface area contributed by atoms with Crippen molar-refractivity contribution in [1.82, 2.24) is 0 Å². The van der Waals surface area contributed by atoms with E-state index in [9.17, 15) is 19.6 Å². The van der Waals surface area contributed by atoms with Crippen LogP contribution >= 0.6 is 22.9 Å². The number of nitrogens with one attached hydrogen (secondary N) is 1. The maximum absolute atomic E-state index is 14.3. The van der Waals surface area contributed by atoms with Gasteiger partial charge >= 0.3 is 5.97 Å². The molecule has 0 unspecified atom stereocenters. The molecule has 2 aromatic carbocycles. The average molecular weight is 535 g/mol. The van der Waals surface area contributed by atoms with Gasteiger partial charge in [0.15, 0.2) is 11.2 Å². The van der Waals surface area contributed by atoms with Crippen molar-refractivity contribution in [3.05, 3.63) is 85.9 Å². The Balaban J connectivity index is 1.66. The average Bonchev–Trinajstić information content (AvgIpc) is 3.32. The smallest absolute Gasteiger partial charge is 0.342 e. The molecular weight excluding hydrogens is 516 g/mol. The number of fused-ring (bicyclic) bond motifs is 4. The number of nitrogens with two attached hydrogens (primary N) is 1. The van der Waals surface area contributed by atoms with Gasteiger partial charge in [-0.15, -0.1) is 11.3 Å². The second-order valence-electron chi connectivity index (χ2n) is 8.35. The molecule has 0 saturated carbocycles. The first-order chi connectivity index (χ1) is 17.7. The summed E-state index contributed by atoms with van der Waals surface area (Å²) >= 11 is 7.16. The molecule has 186 valence electrons. The van der Waals surface area contributed by atoms with Gasteiger partial charge in [0.1, 0.15) is 23.8 Å². The fourth-order valence-corrected chi connectivity index (χ4v) is 6.25. The van der Waals surface area contributed by atoms with Gasteiger partial charge in [0, 0.05) is 26.8 Å². The molecule has 2 aliphatic heterocycles. The molecule has 11 heteroatoms. The summed E-state index contributed by atoms with van der Waals surface area (Å²) < 4.78 is 10.7. The summed E-state index contributed by atoms with van der Waals surface area (Å²) in [4.78, 5) is 42.1. The van der Waals surface area contributed by atoms with Crippen LogP contribution in [0.4, 0.5) is 11.4 Å². The third kappa shape index (κ3) is 3.55. The van der Waals surface area contributed by atoms with E-state index >= 15 is 0 Å². The lowest BCUT2D eigenvalue weighted by molar-refractivity contribution is -0.123. The van der Waals surface area contributed by atoms with Crippen molar-refractivity contribution >= 4 is 52.1 Å². The Morgan fingerprint density at radius 3 is 2.73 bits per heavy atom. The molecule has 1 aromatic heterocycles. The number of ether oxygens (including phenoxy) is 2. The Bertz CT molecular complexity index is 1570. The monoisotopic (exact) mass is 534 g/mol. The minimum absolute atomic E-state index is 0.0687. The molecule has 0 saturated heterocycles. The Hall–Kier alpha value is -4.33. The van der Waals surface area contributed by atoms with E-state index in [-0.39, 0.29) is 29.3 Å². The SMILES string of the molecule is COC(=O)c1c(C)sc2c1OC(N)=C(C#N)[C@@]21C(=O)N(CC(=O)Nc2cccc(Cl)c2)c2ccccc21. The van der Waals surface area contributed by atoms with Crippen LogP contribution in [-0.4, -0.2) is 31.4 Å². The first-order valence-corrected chi connectivity index (χ1v) is 12.2. The van der Waals surface area contributed by atoms with E-state index in [1.54, 1.807) is 55.5 Å². The fraction of sp³-hybridized carbons (Fsp3) is 0.154. The lowest BCUT2D eigenvalue weighted by Gasteiger charge is -2.32. The van der Waals surface area contributed by atoms with Crippen LogP contribution in [0.1, 0.15) is 25.7 Å². The van der Waals surface area contributed by atoms with E-state index < -0.39 is 23.2 Å². The molecule has 0 bridgehead atoms. The molecule has 9 nitrogen and oxygen atoms in total. The lowest BCUT2D eigenvalue weighted by Crippen LogP contribution is -2.47. The van der Waals surface area contributed by atoms with Gasteiger partial charge < -0.3 is 25.4 Å². The molecule has 2 aliphatic rings. The maximum Gasteiger partial charge on any atom is 0.342 e. The van der Waals surface area contributed by atoms with Gasteiger partial charge in [0.2, 0.25) is 17.7 Å². The predicted molar refractivity (Wildman–Crippen MR) is 138 cm³/mol. The van der Waals surface area contributed by atoms with Gasteiger partial charge in [0.25, 0.3) is 0 Å². The van der Waals surface area contributed by atoms with Gasteiger partial charge in [-0.05, 0) is 31.2 Å². The number of amides is 2. The summed E-state index contributed by atoms with van der Waals surface area (Å²) in [7, 11) is 1.24. The maximum atomic E-state index is 14.3. The first-order valence-electron chi connectivity index (χ1n) is 11.0. The summed E-state index contributed by atoms with van der Waals surface area (Å²) in [5.41, 5.74) is 5.87. The van der Waals surface area contributed by atoms with Crippen molar-refractivity contribution in [3.8, 4) is 11.8 Å². The highest BCUT2D eigenvalue weighted by Crippen LogP contribution is 2.58. The minimum Gasteiger partial charge on any atom is -0.465 e. The highest BCUT2D eigenvalue weighted by atomic mass is 35.5. The summed E-state index contributed by atoms with van der Waals surface area (Å²) in [5, 5.41) is 13.3. The van der Waals surface area contributed by atoms with Gasteiger partial charge in [-0.1, -0.05) is 35.9 Å². The number of benzene rings is 2. The van der Waals surface area contributed by atoms with Gasteiger partial charge in [-0.2, -0.15) is 5.26 Å². The molecule has 0 fully saturated rings. The molecule has 2 amide bonds. The number of rotatable bonds is 4. The molecule has 5 rings (SSSR count). The highest BCUT2D eigenvalue weighted by molar-refractivity contribution is 7.13. The van der Waals surface area contributed by atoms with Crippen molar-refractivity contribution in [2.45, 2.75) is 12.3 Å². The van der Waals surface area contributed by atoms with Crippen LogP contribution in [0.5, 0.6) is 5.75 Å². The van der Waals surface area contributed by atoms with Crippen LogP contribution in [0.25, 0.3) is 0 Å². The van der Waals surface area contributed by atoms with E-state index in [0.717, 1.165) is 11.3 Å². The van der Waals surface area contributed by atoms with Crippen molar-refractivity contribution < 1.29 is 23.9 Å². The number of methoxy groups -OCH3 is 1. The zero-order valence-electron chi connectivity index (χ0n) is 19.6. The zero-order chi connectivity index (χ0) is 26.5. The number of anilines is 2. The van der Waals surface area contributed by atoms with E-state index in [1.807, 2.05) is 6.07 Å². The second-order valence-corrected chi connectivity index (χ2v) is 10.0. The number of carbonyl (C=O) groups is 3. The largest absolute Gasteiger partial charge is 0.465 e. The molecule has 0 radical (unpaired) electrons. The van der Waals surface area contributed by atoms with Crippen LogP contribution in [-0.2, 0) is 19.7 Å². The second kappa shape index (κ2) is 8.96. The summed E-state index contributed by atoms with van der Waals surface area (Å²) in [6.07, 6.45) is 0. The molecule has 1 atom stereocenters. The number of nitriles is 1. The standard InChI is InChI=1S/C26H19ClN4O5S/c1-13-20(24(33)35-2)21-22(37-13)26(17(11-28)23(29)36-21)16-8-3-4-9-18(16)31(25(26)34)12-19(32)30-15-7-5-6-14(27)10-15/h3-10H,12,29H2,1-2H3,(H,30,32)/t26-/m1/s1. The Morgan fingerprint density at radius 1 is 1.27 bits per heavy atom. The molecule has 3 N–H and O–H groups in total. The number of para-hydroxylation sites is 1. The molecule has 3 heterocycles. The van der Waals surface area contributed by atoms with Gasteiger partial charge in [-0.25, -0.2) is 4.79 Å². The summed E-state index contributed by atoms with van der Waals surface area (Å²) in [6.45, 7) is 1.35. The van der Waals surface area contributed by atoms with Crippen LogP contribution in [0.2, 0.25) is 5.02 Å². The number of halogens is 1. The summed E-state index contributed by atoms with van der Waals surface area (Å²) in [6, 6.07) is 15.5. The summed E-state index contributed by atoms with van der Waals surface area (Å²) in [5.74, 6) is -1.92. The van der Waals surface area contributed by atoms with Gasteiger partial charge in [-0.3, -0.25) is 9.59 Å². The number of thiophene rings is 1. The number of hydrogen-bond donors (Lipinski definition) is 2. The van der Waals surface area contributed by atoms with Crippen molar-refractivity contribution in [2.24, 2.45) is 5.73 Å². The predicted octanol–water partition coefficient (Wildman–Crippen LogP) is 3.85. The first kappa shape index (κ1) is 24.4. The van der Waals surface area contributed by atoms with E-state index in [0.29, 0.717) is 31.7 Å². The molecule has 1 spiro atoms. The number of aryl methyl sites for hydroxylation is 1. The molecular formula is C26H19ClN4O5S. The van der Waals surface area contributed by atoms with Crippen molar-refractivity contribution in [3.63, 3.8) is 0 Å². The minimum atomic E-state index is -1.69. The number of hydrogen-bond acceptors (Lipinski definition) is 8. The third-order valence-electron chi connectivity index (χ3n) is 6.29.